The van der Waals surface area contributed by atoms with Gasteiger partial charge in [0.05, 0.1) is 5.69 Å². The van der Waals surface area contributed by atoms with Crippen LogP contribution in [0.25, 0.3) is 12.2 Å². The molecule has 0 atom stereocenters. The first-order valence-corrected chi connectivity index (χ1v) is 7.10. The van der Waals surface area contributed by atoms with E-state index in [1.54, 1.807) is 18.6 Å². The molecule has 0 saturated heterocycles. The van der Waals surface area contributed by atoms with Gasteiger partial charge in [-0.05, 0) is 55.2 Å². The van der Waals surface area contributed by atoms with Crippen molar-refractivity contribution in [2.24, 2.45) is 0 Å². The first-order chi connectivity index (χ1) is 10.3. The third-order valence-electron chi connectivity index (χ3n) is 3.51. The number of carbonyl (C=O) groups excluding carboxylic acids is 1. The summed E-state index contributed by atoms with van der Waals surface area (Å²) in [5.74, 6) is 0.135. The molecule has 0 aromatic carbocycles. The molecule has 0 unspecified atom stereocenters. The van der Waals surface area contributed by atoms with E-state index in [-0.39, 0.29) is 5.78 Å². The maximum absolute atomic E-state index is 12.5. The van der Waals surface area contributed by atoms with Crippen LogP contribution >= 0.6 is 0 Å². The molecule has 21 heavy (non-hydrogen) atoms. The maximum atomic E-state index is 12.5. The fourth-order valence-electron chi connectivity index (χ4n) is 2.48. The molecular weight excluding hydrogens is 260 g/mol. The predicted molar refractivity (Wildman–Crippen MR) is 83.3 cm³/mol. The Morgan fingerprint density at radius 2 is 1.81 bits per heavy atom. The van der Waals surface area contributed by atoms with E-state index in [0.717, 1.165) is 41.7 Å². The average Bonchev–Trinajstić information content (AvgIpc) is 2.53. The minimum absolute atomic E-state index is 0.135. The highest BCUT2D eigenvalue weighted by atomic mass is 16.1. The molecule has 3 rings (SSSR count). The Morgan fingerprint density at radius 1 is 0.952 bits per heavy atom. The first kappa shape index (κ1) is 13.4. The second kappa shape index (κ2) is 6.27. The Morgan fingerprint density at radius 3 is 2.52 bits per heavy atom. The zero-order valence-corrected chi connectivity index (χ0v) is 11.7. The zero-order valence-electron chi connectivity index (χ0n) is 11.7. The molecule has 0 bridgehead atoms. The van der Waals surface area contributed by atoms with Crippen molar-refractivity contribution in [2.75, 3.05) is 0 Å². The summed E-state index contributed by atoms with van der Waals surface area (Å²) in [7, 11) is 0. The molecule has 1 aliphatic carbocycles. The molecule has 0 aliphatic heterocycles. The van der Waals surface area contributed by atoms with Crippen LogP contribution in [0.3, 0.4) is 0 Å². The highest BCUT2D eigenvalue weighted by Gasteiger charge is 2.20. The van der Waals surface area contributed by atoms with E-state index in [0.29, 0.717) is 0 Å². The summed E-state index contributed by atoms with van der Waals surface area (Å²) >= 11 is 0. The zero-order chi connectivity index (χ0) is 14.5. The van der Waals surface area contributed by atoms with Gasteiger partial charge in [0, 0.05) is 29.7 Å². The molecule has 0 spiro atoms. The number of nitrogens with zero attached hydrogens (tertiary/aromatic N) is 2. The number of aromatic nitrogens is 2. The molecular formula is C18H16N2O. The van der Waals surface area contributed by atoms with Gasteiger partial charge in [-0.25, -0.2) is 0 Å². The van der Waals surface area contributed by atoms with Gasteiger partial charge < -0.3 is 0 Å². The van der Waals surface area contributed by atoms with Crippen molar-refractivity contribution < 1.29 is 4.79 Å². The Labute approximate surface area is 124 Å². The lowest BCUT2D eigenvalue weighted by Crippen LogP contribution is -2.12. The van der Waals surface area contributed by atoms with Crippen molar-refractivity contribution in [2.45, 2.75) is 19.3 Å². The summed E-state index contributed by atoms with van der Waals surface area (Å²) < 4.78 is 0. The van der Waals surface area contributed by atoms with Crippen molar-refractivity contribution >= 4 is 17.9 Å². The highest BCUT2D eigenvalue weighted by molar-refractivity contribution is 6.13. The van der Waals surface area contributed by atoms with Crippen molar-refractivity contribution in [3.05, 3.63) is 71.3 Å². The number of allylic oxidation sites excluding steroid dienone is 2. The van der Waals surface area contributed by atoms with Crippen LogP contribution in [0.4, 0.5) is 0 Å². The first-order valence-electron chi connectivity index (χ1n) is 7.10. The van der Waals surface area contributed by atoms with Gasteiger partial charge in [0.15, 0.2) is 5.78 Å². The summed E-state index contributed by atoms with van der Waals surface area (Å²) in [5, 5.41) is 0. The minimum atomic E-state index is 0.135. The average molecular weight is 276 g/mol. The Kier molecular flexibility index (Phi) is 4.01. The molecule has 2 aromatic heterocycles. The molecule has 1 fully saturated rings. The number of rotatable bonds is 2. The third-order valence-corrected chi connectivity index (χ3v) is 3.51. The lowest BCUT2D eigenvalue weighted by Gasteiger charge is -2.16. The van der Waals surface area contributed by atoms with Crippen molar-refractivity contribution in [3.63, 3.8) is 0 Å². The van der Waals surface area contributed by atoms with Crippen LogP contribution in [0.2, 0.25) is 0 Å². The monoisotopic (exact) mass is 276 g/mol. The molecule has 2 aromatic rings. The van der Waals surface area contributed by atoms with Gasteiger partial charge in [-0.1, -0.05) is 12.1 Å². The van der Waals surface area contributed by atoms with Crippen LogP contribution in [0, 0.1) is 0 Å². The largest absolute Gasteiger partial charge is 0.289 e. The molecule has 1 saturated carbocycles. The van der Waals surface area contributed by atoms with Crippen LogP contribution in [-0.2, 0) is 4.79 Å². The van der Waals surface area contributed by atoms with Crippen LogP contribution < -0.4 is 0 Å². The smallest absolute Gasteiger partial charge is 0.185 e. The van der Waals surface area contributed by atoms with Crippen molar-refractivity contribution in [1.82, 2.24) is 9.97 Å². The maximum Gasteiger partial charge on any atom is 0.185 e. The van der Waals surface area contributed by atoms with Gasteiger partial charge in [0.1, 0.15) is 0 Å². The number of carbonyl (C=O) groups is 1. The third kappa shape index (κ3) is 3.31. The van der Waals surface area contributed by atoms with Gasteiger partial charge in [-0.15, -0.1) is 0 Å². The molecule has 2 heterocycles. The highest BCUT2D eigenvalue weighted by Crippen LogP contribution is 2.27. The summed E-state index contributed by atoms with van der Waals surface area (Å²) in [6, 6.07) is 9.56. The van der Waals surface area contributed by atoms with E-state index in [4.69, 9.17) is 0 Å². The lowest BCUT2D eigenvalue weighted by molar-refractivity contribution is -0.112. The standard InChI is InChI=1S/C18H16N2O/c21-18-15(11-14-5-4-9-19-13-14)6-3-7-16(18)12-17-8-1-2-10-20-17/h1-2,4-5,8-13H,3,6-7H2/b15-11+,16-12+. The SMILES string of the molecule is O=C1/C(=C/c2cccnc2)CCC/C1=C\c1ccccn1. The normalized spacial score (nSPS) is 19.1. The number of Topliss-reactive ketones (excluding diaryl/α,β-unsaturated/α-hetero) is 1. The molecule has 0 N–H and O–H groups in total. The topological polar surface area (TPSA) is 42.9 Å². The van der Waals surface area contributed by atoms with Gasteiger partial charge in [-0.3, -0.25) is 14.8 Å². The molecule has 0 radical (unpaired) electrons. The Bertz CT molecular complexity index is 628. The van der Waals surface area contributed by atoms with E-state index in [2.05, 4.69) is 9.97 Å². The quantitative estimate of drug-likeness (QED) is 0.785. The van der Waals surface area contributed by atoms with E-state index < -0.39 is 0 Å². The fraction of sp³-hybridized carbons (Fsp3) is 0.167. The predicted octanol–water partition coefficient (Wildman–Crippen LogP) is 3.70. The van der Waals surface area contributed by atoms with Crippen molar-refractivity contribution in [3.8, 4) is 0 Å². The summed E-state index contributed by atoms with van der Waals surface area (Å²) in [6.45, 7) is 0. The van der Waals surface area contributed by atoms with Gasteiger partial charge in [-0.2, -0.15) is 0 Å². The van der Waals surface area contributed by atoms with Crippen LogP contribution in [0.1, 0.15) is 30.5 Å². The van der Waals surface area contributed by atoms with E-state index >= 15 is 0 Å². The summed E-state index contributed by atoms with van der Waals surface area (Å²) in [4.78, 5) is 20.9. The second-order valence-electron chi connectivity index (χ2n) is 5.06. The van der Waals surface area contributed by atoms with Crippen LogP contribution in [-0.4, -0.2) is 15.8 Å². The summed E-state index contributed by atoms with van der Waals surface area (Å²) in [6.07, 6.45) is 11.7. The van der Waals surface area contributed by atoms with Gasteiger partial charge in [0.2, 0.25) is 0 Å². The molecule has 1 aliphatic rings. The number of hydrogen-bond donors (Lipinski definition) is 0. The van der Waals surface area contributed by atoms with Crippen LogP contribution in [0.5, 0.6) is 0 Å². The lowest BCUT2D eigenvalue weighted by atomic mass is 9.87. The minimum Gasteiger partial charge on any atom is -0.289 e. The Hall–Kier alpha value is -2.55. The van der Waals surface area contributed by atoms with E-state index in [1.807, 2.05) is 42.5 Å². The fourth-order valence-corrected chi connectivity index (χ4v) is 2.48. The van der Waals surface area contributed by atoms with Crippen LogP contribution in [0.15, 0.2) is 60.1 Å². The molecule has 3 heteroatoms. The Balaban J connectivity index is 1.88. The molecule has 104 valence electrons. The second-order valence-corrected chi connectivity index (χ2v) is 5.06. The molecule has 3 nitrogen and oxygen atoms in total. The molecule has 0 amide bonds. The van der Waals surface area contributed by atoms with Gasteiger partial charge >= 0.3 is 0 Å². The van der Waals surface area contributed by atoms with E-state index in [9.17, 15) is 4.79 Å². The number of pyridine rings is 2. The number of hydrogen-bond acceptors (Lipinski definition) is 3. The number of ketones is 1. The van der Waals surface area contributed by atoms with Gasteiger partial charge in [0.25, 0.3) is 0 Å². The van der Waals surface area contributed by atoms with E-state index in [1.165, 1.54) is 0 Å². The summed E-state index contributed by atoms with van der Waals surface area (Å²) in [5.41, 5.74) is 3.51. The van der Waals surface area contributed by atoms with Crippen molar-refractivity contribution in [1.29, 1.82) is 0 Å².